The second-order valence-electron chi connectivity index (χ2n) is 7.31. The van der Waals surface area contributed by atoms with E-state index in [9.17, 15) is 4.79 Å². The molecule has 0 aliphatic carbocycles. The van der Waals surface area contributed by atoms with Crippen LogP contribution in [-0.2, 0) is 17.9 Å². The molecule has 2 aromatic rings. The number of carbonyl (C=O) groups excluding carboxylic acids is 1. The molecule has 1 aliphatic rings. The largest absolute Gasteiger partial charge is 0.356 e. The predicted octanol–water partition coefficient (Wildman–Crippen LogP) is 2.91. The summed E-state index contributed by atoms with van der Waals surface area (Å²) in [4.78, 5) is 14.2. The lowest BCUT2D eigenvalue weighted by molar-refractivity contribution is -0.124. The van der Waals surface area contributed by atoms with Crippen molar-refractivity contribution in [3.05, 3.63) is 53.3 Å². The number of fused-ring (bicyclic) bond motifs is 1. The average molecular weight is 340 g/mol. The van der Waals surface area contributed by atoms with E-state index in [2.05, 4.69) is 57.3 Å². The van der Waals surface area contributed by atoms with Crippen molar-refractivity contribution in [1.82, 2.24) is 20.0 Å². The number of benzene rings is 1. The van der Waals surface area contributed by atoms with E-state index in [4.69, 9.17) is 0 Å². The molecular weight excluding hydrogens is 312 g/mol. The van der Waals surface area contributed by atoms with Crippen molar-refractivity contribution < 1.29 is 4.79 Å². The fourth-order valence-corrected chi connectivity index (χ4v) is 3.32. The molecule has 5 heteroatoms. The first-order chi connectivity index (χ1) is 12.0. The molecule has 134 valence electrons. The van der Waals surface area contributed by atoms with E-state index in [1.165, 1.54) is 16.8 Å². The molecule has 0 radical (unpaired) electrons. The van der Waals surface area contributed by atoms with Gasteiger partial charge in [-0.1, -0.05) is 43.7 Å². The minimum atomic E-state index is 0.0321. The van der Waals surface area contributed by atoms with Gasteiger partial charge < -0.3 is 5.32 Å². The lowest BCUT2D eigenvalue weighted by atomic mass is 10.1. The highest BCUT2D eigenvalue weighted by Gasteiger charge is 2.25. The molecule has 0 saturated carbocycles. The van der Waals surface area contributed by atoms with Crippen molar-refractivity contribution >= 4 is 5.91 Å². The van der Waals surface area contributed by atoms with E-state index in [1.54, 1.807) is 0 Å². The van der Waals surface area contributed by atoms with Crippen LogP contribution in [0.1, 0.15) is 43.1 Å². The number of rotatable bonds is 6. The highest BCUT2D eigenvalue weighted by atomic mass is 16.1. The van der Waals surface area contributed by atoms with Crippen LogP contribution in [-0.4, -0.2) is 33.7 Å². The molecule has 5 nitrogen and oxygen atoms in total. The Kier molecular flexibility index (Phi) is 5.53. The van der Waals surface area contributed by atoms with Crippen molar-refractivity contribution in [3.63, 3.8) is 0 Å². The smallest absolute Gasteiger partial charge is 0.222 e. The van der Waals surface area contributed by atoms with Gasteiger partial charge >= 0.3 is 0 Å². The van der Waals surface area contributed by atoms with Crippen LogP contribution in [0.4, 0.5) is 0 Å². The average Bonchev–Trinajstić information content (AvgIpc) is 3.05. The molecule has 1 aromatic heterocycles. The topological polar surface area (TPSA) is 50.2 Å². The highest BCUT2D eigenvalue weighted by molar-refractivity contribution is 5.77. The van der Waals surface area contributed by atoms with E-state index in [1.807, 2.05) is 20.0 Å². The Balaban J connectivity index is 1.62. The first-order valence-corrected chi connectivity index (χ1v) is 9.11. The quantitative estimate of drug-likeness (QED) is 0.880. The lowest BCUT2D eigenvalue weighted by Crippen LogP contribution is -2.39. The third-order valence-electron chi connectivity index (χ3n) is 4.78. The summed E-state index contributed by atoms with van der Waals surface area (Å²) in [5.41, 5.74) is 3.88. The van der Waals surface area contributed by atoms with E-state index < -0.39 is 0 Å². The van der Waals surface area contributed by atoms with Crippen LogP contribution >= 0.6 is 0 Å². The van der Waals surface area contributed by atoms with Crippen molar-refractivity contribution in [3.8, 4) is 0 Å². The number of amides is 1. The van der Waals surface area contributed by atoms with Gasteiger partial charge in [0, 0.05) is 38.3 Å². The van der Waals surface area contributed by atoms with Gasteiger partial charge in [0.15, 0.2) is 0 Å². The SMILES string of the molecule is Cc1ccc(CN2Cc3ccnn3[C@H](CCNC(=O)C(C)C)C2)cc1. The molecule has 0 bridgehead atoms. The van der Waals surface area contributed by atoms with Crippen LogP contribution in [0.3, 0.4) is 0 Å². The van der Waals surface area contributed by atoms with E-state index in [-0.39, 0.29) is 11.8 Å². The summed E-state index contributed by atoms with van der Waals surface area (Å²) >= 11 is 0. The Morgan fingerprint density at radius 1 is 1.28 bits per heavy atom. The maximum absolute atomic E-state index is 11.8. The lowest BCUT2D eigenvalue weighted by Gasteiger charge is -2.34. The molecule has 0 saturated heterocycles. The molecule has 1 amide bonds. The van der Waals surface area contributed by atoms with Crippen LogP contribution in [0.25, 0.3) is 0 Å². The zero-order valence-electron chi connectivity index (χ0n) is 15.4. The van der Waals surface area contributed by atoms with Gasteiger partial charge in [0.1, 0.15) is 0 Å². The minimum Gasteiger partial charge on any atom is -0.356 e. The Labute approximate surface area is 150 Å². The number of carbonyl (C=O) groups is 1. The molecule has 25 heavy (non-hydrogen) atoms. The number of nitrogens with one attached hydrogen (secondary N) is 1. The Hall–Kier alpha value is -2.14. The third kappa shape index (κ3) is 4.48. The molecule has 1 aromatic carbocycles. The third-order valence-corrected chi connectivity index (χ3v) is 4.78. The maximum Gasteiger partial charge on any atom is 0.222 e. The number of hydrogen-bond donors (Lipinski definition) is 1. The molecule has 0 spiro atoms. The van der Waals surface area contributed by atoms with Crippen LogP contribution in [0.2, 0.25) is 0 Å². The zero-order chi connectivity index (χ0) is 17.8. The zero-order valence-corrected chi connectivity index (χ0v) is 15.4. The number of aromatic nitrogens is 2. The Bertz CT molecular complexity index is 705. The minimum absolute atomic E-state index is 0.0321. The molecule has 3 rings (SSSR count). The fourth-order valence-electron chi connectivity index (χ4n) is 3.32. The van der Waals surface area contributed by atoms with Crippen LogP contribution in [0.15, 0.2) is 36.5 Å². The summed E-state index contributed by atoms with van der Waals surface area (Å²) in [6.45, 7) is 9.48. The molecule has 1 N–H and O–H groups in total. The number of nitrogens with zero attached hydrogens (tertiary/aromatic N) is 3. The number of hydrogen-bond acceptors (Lipinski definition) is 3. The standard InChI is InChI=1S/C20H28N4O/c1-15(2)20(25)21-10-8-18-13-23(14-19-9-11-22-24(18)19)12-17-6-4-16(3)5-7-17/h4-7,9,11,15,18H,8,10,12-14H2,1-3H3,(H,21,25)/t18-/m1/s1. The van der Waals surface area contributed by atoms with Gasteiger partial charge in [-0.15, -0.1) is 0 Å². The monoisotopic (exact) mass is 340 g/mol. The van der Waals surface area contributed by atoms with Gasteiger partial charge in [-0.3, -0.25) is 14.4 Å². The fraction of sp³-hybridized carbons (Fsp3) is 0.500. The summed E-state index contributed by atoms with van der Waals surface area (Å²) in [6.07, 6.45) is 2.78. The molecule has 1 atom stereocenters. The molecule has 0 unspecified atom stereocenters. The summed E-state index contributed by atoms with van der Waals surface area (Å²) in [5, 5.41) is 7.53. The van der Waals surface area contributed by atoms with Crippen molar-refractivity contribution in [1.29, 1.82) is 0 Å². The van der Waals surface area contributed by atoms with Crippen LogP contribution in [0.5, 0.6) is 0 Å². The predicted molar refractivity (Wildman–Crippen MR) is 99.0 cm³/mol. The summed E-state index contributed by atoms with van der Waals surface area (Å²) in [7, 11) is 0. The first kappa shape index (κ1) is 17.7. The molecule has 0 fully saturated rings. The van der Waals surface area contributed by atoms with Gasteiger partial charge in [0.2, 0.25) is 5.91 Å². The van der Waals surface area contributed by atoms with E-state index in [0.29, 0.717) is 12.6 Å². The van der Waals surface area contributed by atoms with Crippen LogP contribution in [0, 0.1) is 12.8 Å². The summed E-state index contributed by atoms with van der Waals surface area (Å²) in [5.74, 6) is 0.151. The second-order valence-corrected chi connectivity index (χ2v) is 7.31. The van der Waals surface area contributed by atoms with E-state index in [0.717, 1.165) is 26.1 Å². The van der Waals surface area contributed by atoms with Crippen molar-refractivity contribution in [2.75, 3.05) is 13.1 Å². The normalized spacial score (nSPS) is 17.5. The van der Waals surface area contributed by atoms with Crippen molar-refractivity contribution in [2.45, 2.75) is 46.3 Å². The van der Waals surface area contributed by atoms with Gasteiger partial charge in [-0.25, -0.2) is 0 Å². The second kappa shape index (κ2) is 7.83. The van der Waals surface area contributed by atoms with E-state index >= 15 is 0 Å². The van der Waals surface area contributed by atoms with Gasteiger partial charge in [0.05, 0.1) is 11.7 Å². The highest BCUT2D eigenvalue weighted by Crippen LogP contribution is 2.24. The molecule has 1 aliphatic heterocycles. The molecule has 2 heterocycles. The molecular formula is C20H28N4O. The van der Waals surface area contributed by atoms with Gasteiger partial charge in [-0.2, -0.15) is 5.10 Å². The van der Waals surface area contributed by atoms with Gasteiger partial charge in [-0.05, 0) is 25.0 Å². The summed E-state index contributed by atoms with van der Waals surface area (Å²) < 4.78 is 2.13. The Morgan fingerprint density at radius 3 is 2.76 bits per heavy atom. The Morgan fingerprint density at radius 2 is 2.04 bits per heavy atom. The maximum atomic E-state index is 11.8. The summed E-state index contributed by atoms with van der Waals surface area (Å²) in [6, 6.07) is 11.2. The van der Waals surface area contributed by atoms with Crippen molar-refractivity contribution in [2.24, 2.45) is 5.92 Å². The van der Waals surface area contributed by atoms with Gasteiger partial charge in [0.25, 0.3) is 0 Å². The first-order valence-electron chi connectivity index (χ1n) is 9.11. The number of aryl methyl sites for hydroxylation is 1. The van der Waals surface area contributed by atoms with Crippen LogP contribution < -0.4 is 5.32 Å².